The number of nitrogens with two attached hydrogens (primary N) is 1. The smallest absolute Gasteiger partial charge is 0.118 e. The fourth-order valence-electron chi connectivity index (χ4n) is 2.24. The first kappa shape index (κ1) is 10.5. The summed E-state index contributed by atoms with van der Waals surface area (Å²) in [5.74, 6) is 2.37. The fourth-order valence-corrected chi connectivity index (χ4v) is 2.24. The Labute approximate surface area is 91.4 Å². The normalized spacial score (nSPS) is 26.9. The molecular weight excluding hydrogens is 186 g/mol. The Morgan fingerprint density at radius 3 is 2.33 bits per heavy atom. The van der Waals surface area contributed by atoms with Crippen molar-refractivity contribution in [2.75, 3.05) is 7.11 Å². The summed E-state index contributed by atoms with van der Waals surface area (Å²) in [7, 11) is 1.70. The molecule has 0 saturated heterocycles. The van der Waals surface area contributed by atoms with E-state index in [9.17, 15) is 0 Å². The minimum absolute atomic E-state index is 0.347. The summed E-state index contributed by atoms with van der Waals surface area (Å²) in [6.07, 6.45) is 2.48. The van der Waals surface area contributed by atoms with Crippen LogP contribution in [0, 0.1) is 5.92 Å². The highest BCUT2D eigenvalue weighted by atomic mass is 16.5. The van der Waals surface area contributed by atoms with Crippen LogP contribution in [0.4, 0.5) is 0 Å². The van der Waals surface area contributed by atoms with Crippen LogP contribution in [0.2, 0.25) is 0 Å². The van der Waals surface area contributed by atoms with Gasteiger partial charge in [-0.3, -0.25) is 0 Å². The molecule has 0 radical (unpaired) electrons. The van der Waals surface area contributed by atoms with Gasteiger partial charge in [0.15, 0.2) is 0 Å². The van der Waals surface area contributed by atoms with Crippen LogP contribution in [0.15, 0.2) is 24.3 Å². The van der Waals surface area contributed by atoms with Crippen LogP contribution in [-0.4, -0.2) is 13.2 Å². The van der Waals surface area contributed by atoms with E-state index in [0.29, 0.717) is 12.0 Å². The van der Waals surface area contributed by atoms with Gasteiger partial charge < -0.3 is 10.5 Å². The number of benzene rings is 1. The van der Waals surface area contributed by atoms with Gasteiger partial charge in [-0.2, -0.15) is 0 Å². The molecule has 2 rings (SSSR count). The Bertz CT molecular complexity index is 312. The van der Waals surface area contributed by atoms with Gasteiger partial charge in [-0.25, -0.2) is 0 Å². The fraction of sp³-hybridized carbons (Fsp3) is 0.538. The summed E-state index contributed by atoms with van der Waals surface area (Å²) in [4.78, 5) is 0. The van der Waals surface area contributed by atoms with Crippen molar-refractivity contribution in [2.24, 2.45) is 11.7 Å². The molecule has 0 spiro atoms. The molecule has 2 heteroatoms. The van der Waals surface area contributed by atoms with Gasteiger partial charge in [0.05, 0.1) is 7.11 Å². The van der Waals surface area contributed by atoms with Gasteiger partial charge in [-0.15, -0.1) is 0 Å². The third-order valence-corrected chi connectivity index (χ3v) is 3.51. The first-order chi connectivity index (χ1) is 7.20. The molecule has 1 aromatic rings. The molecule has 0 heterocycles. The third kappa shape index (κ3) is 2.15. The van der Waals surface area contributed by atoms with Gasteiger partial charge in [0.25, 0.3) is 0 Å². The first-order valence-corrected chi connectivity index (χ1v) is 5.60. The van der Waals surface area contributed by atoms with Crippen molar-refractivity contribution in [1.29, 1.82) is 0 Å². The summed E-state index contributed by atoms with van der Waals surface area (Å²) in [5.41, 5.74) is 7.29. The zero-order chi connectivity index (χ0) is 10.8. The van der Waals surface area contributed by atoms with E-state index in [1.807, 2.05) is 12.1 Å². The predicted octanol–water partition coefficient (Wildman–Crippen LogP) is 2.54. The molecule has 1 fully saturated rings. The Balaban J connectivity index is 1.95. The molecule has 1 aliphatic rings. The minimum atomic E-state index is 0.347. The highest BCUT2D eigenvalue weighted by Gasteiger charge is 2.32. The van der Waals surface area contributed by atoms with Crippen LogP contribution in [0.1, 0.15) is 31.2 Å². The molecule has 0 aromatic heterocycles. The first-order valence-electron chi connectivity index (χ1n) is 5.60. The summed E-state index contributed by atoms with van der Waals surface area (Å²) in [6, 6.07) is 8.75. The Morgan fingerprint density at radius 1 is 1.27 bits per heavy atom. The van der Waals surface area contributed by atoms with E-state index in [0.717, 1.165) is 11.7 Å². The van der Waals surface area contributed by atoms with Gasteiger partial charge in [-0.1, -0.05) is 12.1 Å². The lowest BCUT2D eigenvalue weighted by Gasteiger charge is -2.38. The average Bonchev–Trinajstić information content (AvgIpc) is 2.16. The van der Waals surface area contributed by atoms with Crippen molar-refractivity contribution in [3.8, 4) is 5.75 Å². The Kier molecular flexibility index (Phi) is 2.96. The van der Waals surface area contributed by atoms with E-state index < -0.39 is 0 Å². The molecule has 15 heavy (non-hydrogen) atoms. The molecule has 1 aromatic carbocycles. The third-order valence-electron chi connectivity index (χ3n) is 3.51. The summed E-state index contributed by atoms with van der Waals surface area (Å²) < 4.78 is 5.14. The molecule has 0 amide bonds. The lowest BCUT2D eigenvalue weighted by atomic mass is 9.69. The van der Waals surface area contributed by atoms with Gasteiger partial charge >= 0.3 is 0 Å². The second kappa shape index (κ2) is 4.23. The molecule has 1 atom stereocenters. The predicted molar refractivity (Wildman–Crippen MR) is 62.1 cm³/mol. The van der Waals surface area contributed by atoms with E-state index in [2.05, 4.69) is 19.1 Å². The maximum absolute atomic E-state index is 5.86. The molecule has 1 saturated carbocycles. The van der Waals surface area contributed by atoms with E-state index >= 15 is 0 Å². The van der Waals surface area contributed by atoms with Crippen LogP contribution in [-0.2, 0) is 0 Å². The number of hydrogen-bond acceptors (Lipinski definition) is 2. The van der Waals surface area contributed by atoms with Crippen molar-refractivity contribution >= 4 is 0 Å². The van der Waals surface area contributed by atoms with Crippen molar-refractivity contribution in [2.45, 2.75) is 31.7 Å². The van der Waals surface area contributed by atoms with Crippen LogP contribution in [0.25, 0.3) is 0 Å². The molecule has 0 bridgehead atoms. The second-order valence-electron chi connectivity index (χ2n) is 4.56. The zero-order valence-electron chi connectivity index (χ0n) is 9.44. The summed E-state index contributed by atoms with van der Waals surface area (Å²) in [6.45, 7) is 2.11. The van der Waals surface area contributed by atoms with Crippen molar-refractivity contribution in [1.82, 2.24) is 0 Å². The van der Waals surface area contributed by atoms with Crippen molar-refractivity contribution < 1.29 is 4.74 Å². The van der Waals surface area contributed by atoms with E-state index in [1.54, 1.807) is 7.11 Å². The lowest BCUT2D eigenvalue weighted by molar-refractivity contribution is 0.229. The molecule has 1 aliphatic carbocycles. The average molecular weight is 205 g/mol. The molecular formula is C13H19NO. The number of methoxy groups -OCH3 is 1. The monoisotopic (exact) mass is 205 g/mol. The summed E-state index contributed by atoms with van der Waals surface area (Å²) in [5, 5.41) is 0. The minimum Gasteiger partial charge on any atom is -0.497 e. The largest absolute Gasteiger partial charge is 0.497 e. The van der Waals surface area contributed by atoms with Crippen LogP contribution in [0.5, 0.6) is 5.75 Å². The van der Waals surface area contributed by atoms with Crippen LogP contribution in [0.3, 0.4) is 0 Å². The highest BCUT2D eigenvalue weighted by molar-refractivity contribution is 5.30. The van der Waals surface area contributed by atoms with Crippen molar-refractivity contribution in [3.63, 3.8) is 0 Å². The SMILES string of the molecule is COc1ccc(C2CC(C(C)N)C2)cc1. The van der Waals surface area contributed by atoms with Crippen LogP contribution >= 0.6 is 0 Å². The van der Waals surface area contributed by atoms with Crippen molar-refractivity contribution in [3.05, 3.63) is 29.8 Å². The van der Waals surface area contributed by atoms with Gasteiger partial charge in [0.1, 0.15) is 5.75 Å². The van der Waals surface area contributed by atoms with E-state index in [1.165, 1.54) is 18.4 Å². The van der Waals surface area contributed by atoms with Gasteiger partial charge in [-0.05, 0) is 49.3 Å². The second-order valence-corrected chi connectivity index (χ2v) is 4.56. The summed E-state index contributed by atoms with van der Waals surface area (Å²) >= 11 is 0. The van der Waals surface area contributed by atoms with Gasteiger partial charge in [0, 0.05) is 6.04 Å². The molecule has 0 aliphatic heterocycles. The van der Waals surface area contributed by atoms with Crippen LogP contribution < -0.4 is 10.5 Å². The number of hydrogen-bond donors (Lipinski definition) is 1. The van der Waals surface area contributed by atoms with Gasteiger partial charge in [0.2, 0.25) is 0 Å². The Morgan fingerprint density at radius 2 is 1.87 bits per heavy atom. The topological polar surface area (TPSA) is 35.2 Å². The zero-order valence-corrected chi connectivity index (χ0v) is 9.44. The number of ether oxygens (including phenoxy) is 1. The lowest BCUT2D eigenvalue weighted by Crippen LogP contribution is -2.36. The Hall–Kier alpha value is -1.02. The molecule has 2 nitrogen and oxygen atoms in total. The molecule has 1 unspecified atom stereocenters. The standard InChI is InChI=1S/C13H19NO/c1-9(14)11-7-12(8-11)10-3-5-13(15-2)6-4-10/h3-6,9,11-12H,7-8,14H2,1-2H3. The van der Waals surface area contributed by atoms with E-state index in [-0.39, 0.29) is 0 Å². The quantitative estimate of drug-likeness (QED) is 0.823. The maximum Gasteiger partial charge on any atom is 0.118 e. The van der Waals surface area contributed by atoms with E-state index in [4.69, 9.17) is 10.5 Å². The number of rotatable bonds is 3. The molecule has 82 valence electrons. The maximum atomic E-state index is 5.86. The molecule has 2 N–H and O–H groups in total. The highest BCUT2D eigenvalue weighted by Crippen LogP contribution is 2.42.